The normalized spacial score (nSPS) is 12.4. The predicted molar refractivity (Wildman–Crippen MR) is 107 cm³/mol. The van der Waals surface area contributed by atoms with Crippen molar-refractivity contribution in [1.29, 1.82) is 0 Å². The summed E-state index contributed by atoms with van der Waals surface area (Å²) in [5.41, 5.74) is 3.47. The molecule has 0 N–H and O–H groups in total. The topological polar surface area (TPSA) is 46.3 Å². The second-order valence-electron chi connectivity index (χ2n) is 6.47. The number of fused-ring (bicyclic) bond motifs is 1. The Morgan fingerprint density at radius 2 is 1.73 bits per heavy atom. The number of benzene rings is 2. The standard InChI is InChI=1S/C20H21N5S/c1-4-17(14-8-6-5-7-9-14)19-23-25-18(21-22-20(25)26-19)15-10-12-16(13-11-15)24(2)3/h5-13,17H,4H2,1-3H3. The molecule has 4 rings (SSSR count). The van der Waals surface area contributed by atoms with Crippen LogP contribution in [0.1, 0.15) is 29.8 Å². The summed E-state index contributed by atoms with van der Waals surface area (Å²) in [6, 6.07) is 18.8. The SMILES string of the molecule is CCC(c1ccccc1)c1nn2c(-c3ccc(N(C)C)cc3)nnc2s1. The van der Waals surface area contributed by atoms with Crippen LogP contribution in [0, 0.1) is 0 Å². The zero-order valence-corrected chi connectivity index (χ0v) is 15.9. The first-order valence-electron chi connectivity index (χ1n) is 8.72. The van der Waals surface area contributed by atoms with E-state index in [-0.39, 0.29) is 5.92 Å². The van der Waals surface area contributed by atoms with Gasteiger partial charge in [0.25, 0.3) is 0 Å². The van der Waals surface area contributed by atoms with E-state index in [1.165, 1.54) is 5.56 Å². The molecular weight excluding hydrogens is 342 g/mol. The molecule has 2 aromatic carbocycles. The highest BCUT2D eigenvalue weighted by atomic mass is 32.1. The molecule has 0 fully saturated rings. The van der Waals surface area contributed by atoms with Crippen molar-refractivity contribution in [1.82, 2.24) is 19.8 Å². The van der Waals surface area contributed by atoms with Crippen molar-refractivity contribution in [2.24, 2.45) is 0 Å². The Morgan fingerprint density at radius 3 is 2.38 bits per heavy atom. The van der Waals surface area contributed by atoms with E-state index in [1.54, 1.807) is 11.3 Å². The van der Waals surface area contributed by atoms with Gasteiger partial charge in [-0.2, -0.15) is 9.61 Å². The first-order valence-corrected chi connectivity index (χ1v) is 9.54. The molecule has 0 amide bonds. The molecule has 4 aromatic rings. The van der Waals surface area contributed by atoms with Gasteiger partial charge < -0.3 is 4.90 Å². The van der Waals surface area contributed by atoms with Gasteiger partial charge in [0.15, 0.2) is 5.82 Å². The summed E-state index contributed by atoms with van der Waals surface area (Å²) >= 11 is 1.62. The van der Waals surface area contributed by atoms with E-state index in [0.29, 0.717) is 0 Å². The Balaban J connectivity index is 1.73. The van der Waals surface area contributed by atoms with Gasteiger partial charge in [-0.1, -0.05) is 48.6 Å². The lowest BCUT2D eigenvalue weighted by Crippen LogP contribution is -2.08. The molecule has 1 unspecified atom stereocenters. The Labute approximate surface area is 156 Å². The van der Waals surface area contributed by atoms with Gasteiger partial charge >= 0.3 is 0 Å². The zero-order valence-electron chi connectivity index (χ0n) is 15.1. The van der Waals surface area contributed by atoms with Crippen LogP contribution < -0.4 is 4.90 Å². The molecular formula is C20H21N5S. The van der Waals surface area contributed by atoms with Crippen LogP contribution in [0.15, 0.2) is 54.6 Å². The molecule has 0 bridgehead atoms. The van der Waals surface area contributed by atoms with Gasteiger partial charge in [0.1, 0.15) is 5.01 Å². The third kappa shape index (κ3) is 2.97. The van der Waals surface area contributed by atoms with Crippen molar-refractivity contribution in [2.45, 2.75) is 19.3 Å². The summed E-state index contributed by atoms with van der Waals surface area (Å²) in [5.74, 6) is 1.07. The highest BCUT2D eigenvalue weighted by molar-refractivity contribution is 7.16. The van der Waals surface area contributed by atoms with E-state index in [4.69, 9.17) is 5.10 Å². The van der Waals surface area contributed by atoms with Crippen molar-refractivity contribution < 1.29 is 0 Å². The van der Waals surface area contributed by atoms with E-state index in [9.17, 15) is 0 Å². The Bertz CT molecular complexity index is 1000. The van der Waals surface area contributed by atoms with Crippen LogP contribution in [0.4, 0.5) is 5.69 Å². The van der Waals surface area contributed by atoms with E-state index >= 15 is 0 Å². The van der Waals surface area contributed by atoms with Crippen LogP contribution in [0.2, 0.25) is 0 Å². The Hall–Kier alpha value is -2.73. The molecule has 0 saturated carbocycles. The van der Waals surface area contributed by atoms with E-state index in [2.05, 4.69) is 70.6 Å². The maximum Gasteiger partial charge on any atom is 0.234 e. The highest BCUT2D eigenvalue weighted by Crippen LogP contribution is 2.32. The third-order valence-electron chi connectivity index (χ3n) is 4.56. The fraction of sp³-hybridized carbons (Fsp3) is 0.250. The van der Waals surface area contributed by atoms with Gasteiger partial charge in [0, 0.05) is 31.3 Å². The highest BCUT2D eigenvalue weighted by Gasteiger charge is 2.20. The zero-order chi connectivity index (χ0) is 18.1. The Kier molecular flexibility index (Phi) is 4.42. The lowest BCUT2D eigenvalue weighted by atomic mass is 9.97. The largest absolute Gasteiger partial charge is 0.378 e. The number of hydrogen-bond acceptors (Lipinski definition) is 5. The van der Waals surface area contributed by atoms with Gasteiger partial charge in [-0.15, -0.1) is 10.2 Å². The van der Waals surface area contributed by atoms with Gasteiger partial charge in [-0.25, -0.2) is 0 Å². The minimum absolute atomic E-state index is 0.284. The predicted octanol–water partition coefficient (Wildman–Crippen LogP) is 4.46. The lowest BCUT2D eigenvalue weighted by Gasteiger charge is -2.12. The van der Waals surface area contributed by atoms with Crippen molar-refractivity contribution >= 4 is 22.0 Å². The van der Waals surface area contributed by atoms with Crippen LogP contribution in [0.3, 0.4) is 0 Å². The summed E-state index contributed by atoms with van der Waals surface area (Å²) < 4.78 is 1.87. The van der Waals surface area contributed by atoms with E-state index < -0.39 is 0 Å². The number of aromatic nitrogens is 4. The molecule has 2 heterocycles. The monoisotopic (exact) mass is 363 g/mol. The fourth-order valence-corrected chi connectivity index (χ4v) is 4.15. The number of hydrogen-bond donors (Lipinski definition) is 0. The molecule has 26 heavy (non-hydrogen) atoms. The molecule has 6 heteroatoms. The molecule has 0 aliphatic carbocycles. The summed E-state index contributed by atoms with van der Waals surface area (Å²) in [7, 11) is 4.07. The van der Waals surface area contributed by atoms with Gasteiger partial charge in [-0.3, -0.25) is 0 Å². The maximum atomic E-state index is 4.85. The van der Waals surface area contributed by atoms with Crippen LogP contribution in [0.5, 0.6) is 0 Å². The first kappa shape index (κ1) is 16.7. The molecule has 0 aliphatic rings. The minimum Gasteiger partial charge on any atom is -0.378 e. The van der Waals surface area contributed by atoms with E-state index in [0.717, 1.165) is 33.5 Å². The number of rotatable bonds is 5. The lowest BCUT2D eigenvalue weighted by molar-refractivity contribution is 0.743. The summed E-state index contributed by atoms with van der Waals surface area (Å²) in [4.78, 5) is 2.91. The van der Waals surface area contributed by atoms with Gasteiger partial charge in [0.05, 0.1) is 0 Å². The third-order valence-corrected chi connectivity index (χ3v) is 5.57. The van der Waals surface area contributed by atoms with Gasteiger partial charge in [-0.05, 0) is 36.2 Å². The van der Waals surface area contributed by atoms with Crippen molar-refractivity contribution in [3.05, 3.63) is 65.2 Å². The second kappa shape index (κ2) is 6.88. The molecule has 0 aliphatic heterocycles. The molecule has 0 radical (unpaired) electrons. The molecule has 5 nitrogen and oxygen atoms in total. The second-order valence-corrected chi connectivity index (χ2v) is 7.46. The smallest absolute Gasteiger partial charge is 0.234 e. The summed E-state index contributed by atoms with van der Waals surface area (Å²) in [6.45, 7) is 2.20. The average Bonchev–Trinajstić information content (AvgIpc) is 3.24. The van der Waals surface area contributed by atoms with Crippen LogP contribution in [-0.2, 0) is 0 Å². The average molecular weight is 363 g/mol. The minimum atomic E-state index is 0.284. The molecule has 1 atom stereocenters. The first-order chi connectivity index (χ1) is 12.7. The number of anilines is 1. The van der Waals surface area contributed by atoms with E-state index in [1.807, 2.05) is 24.7 Å². The molecule has 0 spiro atoms. The van der Waals surface area contributed by atoms with Crippen LogP contribution in [0.25, 0.3) is 16.3 Å². The van der Waals surface area contributed by atoms with Gasteiger partial charge in [0.2, 0.25) is 4.96 Å². The summed E-state index contributed by atoms with van der Waals surface area (Å²) in [5, 5.41) is 14.6. The van der Waals surface area contributed by atoms with Crippen LogP contribution >= 0.6 is 11.3 Å². The fourth-order valence-electron chi connectivity index (χ4n) is 3.10. The molecule has 132 valence electrons. The molecule has 2 aromatic heterocycles. The quantitative estimate of drug-likeness (QED) is 0.525. The molecule has 0 saturated heterocycles. The maximum absolute atomic E-state index is 4.85. The summed E-state index contributed by atoms with van der Waals surface area (Å²) in [6.07, 6.45) is 1.00. The Morgan fingerprint density at radius 1 is 1.00 bits per heavy atom. The van der Waals surface area contributed by atoms with Crippen LogP contribution in [-0.4, -0.2) is 33.9 Å². The van der Waals surface area contributed by atoms with Crippen molar-refractivity contribution in [2.75, 3.05) is 19.0 Å². The van der Waals surface area contributed by atoms with Crippen molar-refractivity contribution in [3.63, 3.8) is 0 Å². The number of nitrogens with zero attached hydrogens (tertiary/aromatic N) is 5. The van der Waals surface area contributed by atoms with Crippen molar-refractivity contribution in [3.8, 4) is 11.4 Å².